The Bertz CT molecular complexity index is 807. The summed E-state index contributed by atoms with van der Waals surface area (Å²) in [7, 11) is 5.43. The molecular weight excluding hydrogens is 366 g/mol. The molecule has 2 amide bonds. The van der Waals surface area contributed by atoms with Gasteiger partial charge in [0.2, 0.25) is 11.8 Å². The van der Waals surface area contributed by atoms with Crippen LogP contribution in [0.25, 0.3) is 0 Å². The zero-order valence-electron chi connectivity index (χ0n) is 16.0. The van der Waals surface area contributed by atoms with E-state index in [0.29, 0.717) is 22.1 Å². The molecule has 0 radical (unpaired) electrons. The van der Waals surface area contributed by atoms with E-state index >= 15 is 0 Å². The van der Waals surface area contributed by atoms with Gasteiger partial charge in [0.15, 0.2) is 0 Å². The van der Waals surface area contributed by atoms with E-state index in [4.69, 9.17) is 16.3 Å². The largest absolute Gasteiger partial charge is 0.495 e. The van der Waals surface area contributed by atoms with Gasteiger partial charge in [-0.2, -0.15) is 0 Å². The number of carbonyl (C=O) groups is 2. The van der Waals surface area contributed by atoms with E-state index in [1.165, 1.54) is 18.9 Å². The molecule has 0 atom stereocenters. The number of nitrogens with one attached hydrogen (secondary N) is 1. The molecule has 27 heavy (non-hydrogen) atoms. The molecular formula is C20H24ClN3O3. The fourth-order valence-electron chi connectivity index (χ4n) is 2.57. The van der Waals surface area contributed by atoms with Crippen molar-refractivity contribution in [2.75, 3.05) is 42.9 Å². The Labute approximate surface area is 164 Å². The first-order valence-corrected chi connectivity index (χ1v) is 8.88. The monoisotopic (exact) mass is 389 g/mol. The third kappa shape index (κ3) is 5.62. The lowest BCUT2D eigenvalue weighted by Crippen LogP contribution is -2.32. The third-order valence-corrected chi connectivity index (χ3v) is 4.35. The average Bonchev–Trinajstić information content (AvgIpc) is 2.62. The van der Waals surface area contributed by atoms with Gasteiger partial charge in [0, 0.05) is 51.0 Å². The maximum Gasteiger partial charge on any atom is 0.226 e. The maximum absolute atomic E-state index is 12.3. The number of hydrogen-bond acceptors (Lipinski definition) is 4. The van der Waals surface area contributed by atoms with Crippen molar-refractivity contribution in [3.05, 3.63) is 47.5 Å². The second-order valence-corrected chi connectivity index (χ2v) is 6.64. The van der Waals surface area contributed by atoms with Crippen LogP contribution >= 0.6 is 11.6 Å². The first-order chi connectivity index (χ1) is 12.8. The molecule has 2 aromatic carbocycles. The van der Waals surface area contributed by atoms with Crippen LogP contribution in [0.2, 0.25) is 5.02 Å². The first-order valence-electron chi connectivity index (χ1n) is 8.50. The number of rotatable bonds is 7. The number of nitrogens with zero attached hydrogens (tertiary/aromatic N) is 2. The number of halogens is 1. The van der Waals surface area contributed by atoms with Crippen LogP contribution in [-0.2, 0) is 9.59 Å². The molecule has 2 aromatic rings. The Morgan fingerprint density at radius 3 is 2.22 bits per heavy atom. The SMILES string of the molecule is COc1ccc(N(CCC(=O)Nc2ccc(N(C)C)cc2)C(C)=O)cc1Cl. The van der Waals surface area contributed by atoms with Gasteiger partial charge in [-0.25, -0.2) is 0 Å². The van der Waals surface area contributed by atoms with E-state index in [1.807, 2.05) is 43.3 Å². The van der Waals surface area contributed by atoms with Crippen LogP contribution < -0.4 is 19.9 Å². The van der Waals surface area contributed by atoms with Gasteiger partial charge >= 0.3 is 0 Å². The van der Waals surface area contributed by atoms with Gasteiger partial charge in [0.25, 0.3) is 0 Å². The van der Waals surface area contributed by atoms with Crippen molar-refractivity contribution in [2.45, 2.75) is 13.3 Å². The van der Waals surface area contributed by atoms with Crippen molar-refractivity contribution in [1.29, 1.82) is 0 Å². The summed E-state index contributed by atoms with van der Waals surface area (Å²) in [5.74, 6) is 0.195. The van der Waals surface area contributed by atoms with Gasteiger partial charge < -0.3 is 19.9 Å². The second-order valence-electron chi connectivity index (χ2n) is 6.23. The normalized spacial score (nSPS) is 10.3. The Morgan fingerprint density at radius 1 is 1.07 bits per heavy atom. The molecule has 2 rings (SSSR count). The lowest BCUT2D eigenvalue weighted by Gasteiger charge is -2.21. The molecule has 7 heteroatoms. The topological polar surface area (TPSA) is 61.9 Å². The quantitative estimate of drug-likeness (QED) is 0.782. The second kappa shape index (κ2) is 9.28. The highest BCUT2D eigenvalue weighted by Gasteiger charge is 2.15. The summed E-state index contributed by atoms with van der Waals surface area (Å²) in [5.41, 5.74) is 2.39. The highest BCUT2D eigenvalue weighted by atomic mass is 35.5. The predicted octanol–water partition coefficient (Wildman–Crippen LogP) is 3.80. The van der Waals surface area contributed by atoms with Crippen molar-refractivity contribution in [3.8, 4) is 5.75 Å². The summed E-state index contributed by atoms with van der Waals surface area (Å²) in [4.78, 5) is 27.7. The van der Waals surface area contributed by atoms with Gasteiger partial charge in [-0.3, -0.25) is 9.59 Å². The Kier molecular flexibility index (Phi) is 7.07. The van der Waals surface area contributed by atoms with Crippen LogP contribution in [0.4, 0.5) is 17.1 Å². The van der Waals surface area contributed by atoms with Crippen LogP contribution in [0.5, 0.6) is 5.75 Å². The Balaban J connectivity index is 2.00. The van der Waals surface area contributed by atoms with Crippen molar-refractivity contribution < 1.29 is 14.3 Å². The van der Waals surface area contributed by atoms with E-state index in [-0.39, 0.29) is 24.8 Å². The molecule has 0 aliphatic carbocycles. The van der Waals surface area contributed by atoms with Crippen molar-refractivity contribution in [3.63, 3.8) is 0 Å². The van der Waals surface area contributed by atoms with Crippen LogP contribution in [0, 0.1) is 0 Å². The molecule has 0 bridgehead atoms. The van der Waals surface area contributed by atoms with Crippen molar-refractivity contribution >= 4 is 40.5 Å². The van der Waals surface area contributed by atoms with Crippen LogP contribution in [0.1, 0.15) is 13.3 Å². The van der Waals surface area contributed by atoms with E-state index in [9.17, 15) is 9.59 Å². The summed E-state index contributed by atoms with van der Waals surface area (Å²) < 4.78 is 5.13. The van der Waals surface area contributed by atoms with E-state index in [1.54, 1.807) is 18.2 Å². The lowest BCUT2D eigenvalue weighted by molar-refractivity contribution is -0.117. The van der Waals surface area contributed by atoms with Crippen LogP contribution in [-0.4, -0.2) is 39.6 Å². The number of benzene rings is 2. The summed E-state index contributed by atoms with van der Waals surface area (Å²) in [5, 5.41) is 3.25. The standard InChI is InChI=1S/C20H24ClN3O3/c1-14(25)24(17-9-10-19(27-4)18(21)13-17)12-11-20(26)22-15-5-7-16(8-6-15)23(2)3/h5-10,13H,11-12H2,1-4H3,(H,22,26). The highest BCUT2D eigenvalue weighted by Crippen LogP contribution is 2.29. The fourth-order valence-corrected chi connectivity index (χ4v) is 2.82. The fraction of sp³-hybridized carbons (Fsp3) is 0.300. The minimum absolute atomic E-state index is 0.165. The first kappa shape index (κ1) is 20.6. The van der Waals surface area contributed by atoms with Gasteiger partial charge in [0.05, 0.1) is 12.1 Å². The zero-order chi connectivity index (χ0) is 20.0. The zero-order valence-corrected chi connectivity index (χ0v) is 16.7. The molecule has 0 fully saturated rings. The number of anilines is 3. The van der Waals surface area contributed by atoms with Gasteiger partial charge in [-0.05, 0) is 42.5 Å². The number of hydrogen-bond donors (Lipinski definition) is 1. The molecule has 0 spiro atoms. The molecule has 144 valence electrons. The minimum Gasteiger partial charge on any atom is -0.495 e. The maximum atomic E-state index is 12.3. The Hall–Kier alpha value is -2.73. The Morgan fingerprint density at radius 2 is 1.70 bits per heavy atom. The third-order valence-electron chi connectivity index (χ3n) is 4.06. The van der Waals surface area contributed by atoms with E-state index < -0.39 is 0 Å². The van der Waals surface area contributed by atoms with E-state index in [0.717, 1.165) is 5.69 Å². The highest BCUT2D eigenvalue weighted by molar-refractivity contribution is 6.32. The molecule has 6 nitrogen and oxygen atoms in total. The number of methoxy groups -OCH3 is 1. The molecule has 0 saturated carbocycles. The predicted molar refractivity (Wildman–Crippen MR) is 110 cm³/mol. The average molecular weight is 390 g/mol. The van der Waals surface area contributed by atoms with Crippen LogP contribution in [0.15, 0.2) is 42.5 Å². The molecule has 0 unspecified atom stereocenters. The molecule has 0 aliphatic heterocycles. The number of amides is 2. The molecule has 0 heterocycles. The summed E-state index contributed by atoms with van der Waals surface area (Å²) in [6, 6.07) is 12.6. The smallest absolute Gasteiger partial charge is 0.226 e. The lowest BCUT2D eigenvalue weighted by atomic mass is 10.2. The number of ether oxygens (including phenoxy) is 1. The van der Waals surface area contributed by atoms with Gasteiger partial charge in [0.1, 0.15) is 5.75 Å². The molecule has 0 aliphatic rings. The molecule has 0 saturated heterocycles. The minimum atomic E-state index is -0.168. The van der Waals surface area contributed by atoms with Crippen molar-refractivity contribution in [1.82, 2.24) is 0 Å². The van der Waals surface area contributed by atoms with E-state index in [2.05, 4.69) is 5.32 Å². The van der Waals surface area contributed by atoms with Gasteiger partial charge in [-0.1, -0.05) is 11.6 Å². The van der Waals surface area contributed by atoms with Gasteiger partial charge in [-0.15, -0.1) is 0 Å². The number of carbonyl (C=O) groups excluding carboxylic acids is 2. The molecule has 0 aromatic heterocycles. The summed E-state index contributed by atoms with van der Waals surface area (Å²) in [6.45, 7) is 1.70. The summed E-state index contributed by atoms with van der Waals surface area (Å²) in [6.07, 6.45) is 0.165. The summed E-state index contributed by atoms with van der Waals surface area (Å²) >= 11 is 6.14. The van der Waals surface area contributed by atoms with Crippen molar-refractivity contribution in [2.24, 2.45) is 0 Å². The molecule has 1 N–H and O–H groups in total. The van der Waals surface area contributed by atoms with Crippen LogP contribution in [0.3, 0.4) is 0 Å².